The molecule has 0 unspecified atom stereocenters. The van der Waals surface area contributed by atoms with Gasteiger partial charge in [-0.3, -0.25) is 14.2 Å². The van der Waals surface area contributed by atoms with Gasteiger partial charge >= 0.3 is 0 Å². The maximum atomic E-state index is 12.7. The van der Waals surface area contributed by atoms with Gasteiger partial charge in [0.25, 0.3) is 15.9 Å². The molecule has 0 spiro atoms. The molecule has 9 heteroatoms. The van der Waals surface area contributed by atoms with Gasteiger partial charge in [-0.15, -0.1) is 0 Å². The molecule has 0 bridgehead atoms. The van der Waals surface area contributed by atoms with Gasteiger partial charge in [0, 0.05) is 31.7 Å². The number of nitrogens with zero attached hydrogens (tertiary/aromatic N) is 3. The molecule has 1 aliphatic rings. The predicted octanol–water partition coefficient (Wildman–Crippen LogP) is 1.94. The Balaban J connectivity index is 1.61. The average molecular weight is 373 g/mol. The van der Waals surface area contributed by atoms with Crippen LogP contribution in [-0.4, -0.2) is 47.1 Å². The number of carbonyl (C=O) groups is 1. The Morgan fingerprint density at radius 1 is 1.23 bits per heavy atom. The van der Waals surface area contributed by atoms with Crippen LogP contribution in [0.5, 0.6) is 0 Å². The molecule has 2 aromatic heterocycles. The zero-order chi connectivity index (χ0) is 18.3. The first-order valence-electron chi connectivity index (χ1n) is 8.38. The lowest BCUT2D eigenvalue weighted by atomic mass is 10.2. The summed E-state index contributed by atoms with van der Waals surface area (Å²) in [6.45, 7) is 1.41. The van der Waals surface area contributed by atoms with Gasteiger partial charge in [-0.1, -0.05) is 12.1 Å². The lowest BCUT2D eigenvalue weighted by Gasteiger charge is -2.13. The number of benzene rings is 1. The minimum Gasteiger partial charge on any atom is -0.356 e. The van der Waals surface area contributed by atoms with Crippen LogP contribution in [-0.2, 0) is 17.1 Å². The Labute approximate surface area is 150 Å². The summed E-state index contributed by atoms with van der Waals surface area (Å²) < 4.78 is 29.5. The minimum atomic E-state index is -3.86. The van der Waals surface area contributed by atoms with E-state index in [1.165, 1.54) is 12.3 Å². The molecule has 0 saturated carbocycles. The van der Waals surface area contributed by atoms with Crippen LogP contribution in [0.15, 0.2) is 41.4 Å². The van der Waals surface area contributed by atoms with Gasteiger partial charge in [-0.25, -0.2) is 8.42 Å². The molecule has 0 atom stereocenters. The number of aromatic nitrogens is 3. The fourth-order valence-electron chi connectivity index (χ4n) is 3.22. The number of likely N-dealkylation sites (tertiary alicyclic amines) is 1. The number of H-pyrrole nitrogens is 1. The van der Waals surface area contributed by atoms with Crippen molar-refractivity contribution in [3.8, 4) is 0 Å². The molecule has 4 rings (SSSR count). The third kappa shape index (κ3) is 2.84. The molecule has 2 N–H and O–H groups in total. The van der Waals surface area contributed by atoms with E-state index in [1.54, 1.807) is 22.7 Å². The van der Waals surface area contributed by atoms with Gasteiger partial charge in [0.05, 0.1) is 5.52 Å². The van der Waals surface area contributed by atoms with Crippen LogP contribution in [0.2, 0.25) is 0 Å². The normalized spacial score (nSPS) is 14.9. The number of para-hydroxylation sites is 1. The Bertz CT molecular complexity index is 1080. The van der Waals surface area contributed by atoms with Gasteiger partial charge in [0.15, 0.2) is 5.82 Å². The number of nitrogens with one attached hydrogen (secondary N) is 2. The number of anilines is 1. The zero-order valence-corrected chi connectivity index (χ0v) is 15.1. The van der Waals surface area contributed by atoms with Crippen molar-refractivity contribution in [3.05, 3.63) is 42.2 Å². The highest BCUT2D eigenvalue weighted by atomic mass is 32.2. The van der Waals surface area contributed by atoms with Crippen molar-refractivity contribution in [3.63, 3.8) is 0 Å². The quantitative estimate of drug-likeness (QED) is 0.730. The van der Waals surface area contributed by atoms with Crippen molar-refractivity contribution in [2.75, 3.05) is 17.8 Å². The van der Waals surface area contributed by atoms with E-state index in [1.807, 2.05) is 18.2 Å². The molecule has 1 amide bonds. The van der Waals surface area contributed by atoms with Crippen molar-refractivity contribution in [2.45, 2.75) is 17.7 Å². The van der Waals surface area contributed by atoms with Crippen molar-refractivity contribution in [1.29, 1.82) is 0 Å². The molecule has 1 saturated heterocycles. The summed E-state index contributed by atoms with van der Waals surface area (Å²) in [5, 5.41) is 4.96. The first-order chi connectivity index (χ1) is 12.5. The first kappa shape index (κ1) is 16.6. The lowest BCUT2D eigenvalue weighted by molar-refractivity contribution is 0.0787. The molecule has 1 aromatic carbocycles. The zero-order valence-electron chi connectivity index (χ0n) is 14.3. The molecular formula is C17H19N5O3S. The van der Waals surface area contributed by atoms with E-state index >= 15 is 0 Å². The van der Waals surface area contributed by atoms with Crippen LogP contribution in [0, 0.1) is 0 Å². The maximum absolute atomic E-state index is 12.7. The molecule has 8 nitrogen and oxygen atoms in total. The summed E-state index contributed by atoms with van der Waals surface area (Å²) in [5.41, 5.74) is 1.10. The predicted molar refractivity (Wildman–Crippen MR) is 97.5 cm³/mol. The highest BCUT2D eigenvalue weighted by molar-refractivity contribution is 7.92. The van der Waals surface area contributed by atoms with E-state index < -0.39 is 10.0 Å². The van der Waals surface area contributed by atoms with Gasteiger partial charge in [-0.2, -0.15) is 5.10 Å². The number of hydrogen-bond acceptors (Lipinski definition) is 4. The molecule has 1 aliphatic heterocycles. The summed E-state index contributed by atoms with van der Waals surface area (Å²) in [6, 6.07) is 8.73. The number of carbonyl (C=O) groups excluding carboxylic acids is 1. The molecule has 136 valence electrons. The standard InChI is InChI=1S/C17H19N5O3S/c1-21-15-7-3-2-6-13(15)16(19-21)20-26(24,25)12-10-14(18-11-12)17(23)22-8-4-5-9-22/h2-3,6-7,10-11,18H,4-5,8-9H2,1H3,(H,19,20). The second-order valence-electron chi connectivity index (χ2n) is 6.34. The van der Waals surface area contributed by atoms with E-state index in [4.69, 9.17) is 0 Å². The monoisotopic (exact) mass is 373 g/mol. The van der Waals surface area contributed by atoms with Crippen LogP contribution >= 0.6 is 0 Å². The SMILES string of the molecule is Cn1nc(NS(=O)(=O)c2c[nH]c(C(=O)N3CCCC3)c2)c2ccccc21. The summed E-state index contributed by atoms with van der Waals surface area (Å²) in [4.78, 5) is 16.9. The van der Waals surface area contributed by atoms with Gasteiger partial charge in [-0.05, 0) is 31.0 Å². The summed E-state index contributed by atoms with van der Waals surface area (Å²) in [6.07, 6.45) is 3.29. The van der Waals surface area contributed by atoms with Gasteiger partial charge < -0.3 is 9.88 Å². The second-order valence-corrected chi connectivity index (χ2v) is 8.03. The first-order valence-corrected chi connectivity index (χ1v) is 9.86. The molecule has 0 aliphatic carbocycles. The Morgan fingerprint density at radius 2 is 1.96 bits per heavy atom. The number of sulfonamides is 1. The van der Waals surface area contributed by atoms with E-state index in [0.717, 1.165) is 18.4 Å². The molecular weight excluding hydrogens is 354 g/mol. The fraction of sp³-hybridized carbons (Fsp3) is 0.294. The van der Waals surface area contributed by atoms with Crippen molar-refractivity contribution in [1.82, 2.24) is 19.7 Å². The van der Waals surface area contributed by atoms with E-state index in [2.05, 4.69) is 14.8 Å². The van der Waals surface area contributed by atoms with Gasteiger partial charge in [0.1, 0.15) is 10.6 Å². The lowest BCUT2D eigenvalue weighted by Crippen LogP contribution is -2.27. The van der Waals surface area contributed by atoms with Crippen LogP contribution in [0.3, 0.4) is 0 Å². The highest BCUT2D eigenvalue weighted by Gasteiger charge is 2.24. The maximum Gasteiger partial charge on any atom is 0.270 e. The molecule has 3 aromatic rings. The summed E-state index contributed by atoms with van der Waals surface area (Å²) >= 11 is 0. The van der Waals surface area contributed by atoms with Crippen LogP contribution < -0.4 is 4.72 Å². The van der Waals surface area contributed by atoms with Gasteiger partial charge in [0.2, 0.25) is 0 Å². The highest BCUT2D eigenvalue weighted by Crippen LogP contribution is 2.25. The minimum absolute atomic E-state index is 0.00906. The summed E-state index contributed by atoms with van der Waals surface area (Å²) in [7, 11) is -2.10. The number of hydrogen-bond donors (Lipinski definition) is 2. The third-order valence-corrected chi connectivity index (χ3v) is 5.90. The Hall–Kier alpha value is -2.81. The van der Waals surface area contributed by atoms with Crippen LogP contribution in [0.25, 0.3) is 10.9 Å². The van der Waals surface area contributed by atoms with E-state index in [9.17, 15) is 13.2 Å². The largest absolute Gasteiger partial charge is 0.356 e. The second kappa shape index (κ2) is 6.17. The fourth-order valence-corrected chi connectivity index (χ4v) is 4.23. The topological polar surface area (TPSA) is 100 Å². The average Bonchev–Trinajstić information content (AvgIpc) is 3.35. The number of aromatic amines is 1. The van der Waals surface area contributed by atoms with Crippen molar-refractivity contribution in [2.24, 2.45) is 7.05 Å². The van der Waals surface area contributed by atoms with E-state index in [0.29, 0.717) is 18.5 Å². The Morgan fingerprint density at radius 3 is 2.73 bits per heavy atom. The number of aryl methyl sites for hydroxylation is 1. The van der Waals surface area contributed by atoms with Crippen LogP contribution in [0.4, 0.5) is 5.82 Å². The number of fused-ring (bicyclic) bond motifs is 1. The Kier molecular flexibility index (Phi) is 3.95. The smallest absolute Gasteiger partial charge is 0.270 e. The third-order valence-electron chi connectivity index (χ3n) is 4.58. The molecule has 1 fully saturated rings. The molecule has 0 radical (unpaired) electrons. The van der Waals surface area contributed by atoms with Crippen molar-refractivity contribution < 1.29 is 13.2 Å². The van der Waals surface area contributed by atoms with Crippen molar-refractivity contribution >= 4 is 32.7 Å². The molecule has 26 heavy (non-hydrogen) atoms. The van der Waals surface area contributed by atoms with E-state index in [-0.39, 0.29) is 22.3 Å². The number of amides is 1. The molecule has 3 heterocycles. The van der Waals surface area contributed by atoms with Crippen LogP contribution in [0.1, 0.15) is 23.3 Å². The number of rotatable bonds is 4. The summed E-state index contributed by atoms with van der Waals surface area (Å²) in [5.74, 6) is 0.0870.